The Labute approximate surface area is 74.6 Å². The molecular weight excluding hydrogens is 162 g/mol. The first kappa shape index (κ1) is 6.60. The van der Waals surface area contributed by atoms with Gasteiger partial charge in [-0.05, 0) is 0 Å². The van der Waals surface area contributed by atoms with Gasteiger partial charge in [0.15, 0.2) is 5.65 Å². The molecule has 62 valence electrons. The Bertz CT molecular complexity index is 568. The first-order valence-electron chi connectivity index (χ1n) is 4.12. The molecule has 0 aliphatic carbocycles. The standard InChI is InChI=1S/C10H7N3/c1-2-4-9-8(3-1)7-12-13-6-5-11-10(9)13/h1-7H. The molecule has 3 aromatic rings. The van der Waals surface area contributed by atoms with Crippen LogP contribution < -0.4 is 0 Å². The molecule has 13 heavy (non-hydrogen) atoms. The zero-order chi connectivity index (χ0) is 8.67. The predicted octanol–water partition coefficient (Wildman–Crippen LogP) is 1.88. The minimum Gasteiger partial charge on any atom is -0.235 e. The van der Waals surface area contributed by atoms with E-state index in [1.807, 2.05) is 30.6 Å². The second-order valence-electron chi connectivity index (χ2n) is 2.93. The third-order valence-electron chi connectivity index (χ3n) is 2.14. The van der Waals surface area contributed by atoms with E-state index in [9.17, 15) is 0 Å². The molecule has 3 nitrogen and oxygen atoms in total. The zero-order valence-electron chi connectivity index (χ0n) is 6.88. The number of rotatable bonds is 0. The van der Waals surface area contributed by atoms with Crippen LogP contribution in [0.15, 0.2) is 42.9 Å². The van der Waals surface area contributed by atoms with Gasteiger partial charge in [0.25, 0.3) is 0 Å². The van der Waals surface area contributed by atoms with Gasteiger partial charge in [0, 0.05) is 23.2 Å². The lowest BCUT2D eigenvalue weighted by atomic mass is 10.2. The van der Waals surface area contributed by atoms with Gasteiger partial charge in [-0.25, -0.2) is 9.50 Å². The van der Waals surface area contributed by atoms with Crippen molar-refractivity contribution in [3.05, 3.63) is 42.9 Å². The maximum absolute atomic E-state index is 4.25. The summed E-state index contributed by atoms with van der Waals surface area (Å²) in [7, 11) is 0. The van der Waals surface area contributed by atoms with Gasteiger partial charge in [0.1, 0.15) is 0 Å². The fourth-order valence-electron chi connectivity index (χ4n) is 1.52. The number of hydrogen-bond acceptors (Lipinski definition) is 2. The Balaban J connectivity index is 2.65. The van der Waals surface area contributed by atoms with Crippen molar-refractivity contribution < 1.29 is 0 Å². The highest BCUT2D eigenvalue weighted by molar-refractivity contribution is 5.92. The molecule has 2 aromatic heterocycles. The normalized spacial score (nSPS) is 11.1. The molecular formula is C10H7N3. The van der Waals surface area contributed by atoms with Crippen LogP contribution in [-0.2, 0) is 0 Å². The quantitative estimate of drug-likeness (QED) is 0.514. The van der Waals surface area contributed by atoms with Crippen LogP contribution in [0.5, 0.6) is 0 Å². The smallest absolute Gasteiger partial charge is 0.161 e. The Kier molecular flexibility index (Phi) is 1.16. The maximum atomic E-state index is 4.25. The molecule has 0 radical (unpaired) electrons. The number of benzene rings is 1. The highest BCUT2D eigenvalue weighted by Gasteiger charge is 1.99. The second kappa shape index (κ2) is 2.29. The van der Waals surface area contributed by atoms with Crippen molar-refractivity contribution in [3.63, 3.8) is 0 Å². The van der Waals surface area contributed by atoms with E-state index in [2.05, 4.69) is 16.1 Å². The molecule has 0 saturated heterocycles. The Morgan fingerprint density at radius 1 is 1.15 bits per heavy atom. The summed E-state index contributed by atoms with van der Waals surface area (Å²) in [6.45, 7) is 0. The van der Waals surface area contributed by atoms with Gasteiger partial charge in [-0.1, -0.05) is 24.3 Å². The van der Waals surface area contributed by atoms with E-state index in [1.165, 1.54) is 0 Å². The first-order chi connectivity index (χ1) is 6.45. The molecule has 1 aromatic carbocycles. The second-order valence-corrected chi connectivity index (χ2v) is 2.93. The molecule has 0 amide bonds. The maximum Gasteiger partial charge on any atom is 0.161 e. The summed E-state index contributed by atoms with van der Waals surface area (Å²) in [5, 5.41) is 6.49. The highest BCUT2D eigenvalue weighted by atomic mass is 15.2. The molecule has 0 N–H and O–H groups in total. The summed E-state index contributed by atoms with van der Waals surface area (Å²) in [5.41, 5.74) is 0.915. The molecule has 0 bridgehead atoms. The zero-order valence-corrected chi connectivity index (χ0v) is 6.88. The monoisotopic (exact) mass is 169 g/mol. The van der Waals surface area contributed by atoms with Crippen molar-refractivity contribution in [2.45, 2.75) is 0 Å². The van der Waals surface area contributed by atoms with Crippen LogP contribution >= 0.6 is 0 Å². The van der Waals surface area contributed by atoms with Crippen molar-refractivity contribution >= 4 is 16.4 Å². The van der Waals surface area contributed by atoms with Gasteiger partial charge in [-0.15, -0.1) is 0 Å². The summed E-state index contributed by atoms with van der Waals surface area (Å²) in [4.78, 5) is 4.25. The van der Waals surface area contributed by atoms with Gasteiger partial charge in [-0.3, -0.25) is 0 Å². The van der Waals surface area contributed by atoms with Crippen LogP contribution in [0, 0.1) is 0 Å². The third-order valence-corrected chi connectivity index (χ3v) is 2.14. The van der Waals surface area contributed by atoms with Crippen LogP contribution in [0.3, 0.4) is 0 Å². The van der Waals surface area contributed by atoms with Crippen LogP contribution in [0.1, 0.15) is 0 Å². The van der Waals surface area contributed by atoms with E-state index in [4.69, 9.17) is 0 Å². The van der Waals surface area contributed by atoms with Crippen molar-refractivity contribution in [1.82, 2.24) is 14.6 Å². The molecule has 0 fully saturated rings. The number of imidazole rings is 1. The Morgan fingerprint density at radius 3 is 3.08 bits per heavy atom. The lowest BCUT2D eigenvalue weighted by Crippen LogP contribution is -1.89. The largest absolute Gasteiger partial charge is 0.235 e. The number of fused-ring (bicyclic) bond motifs is 3. The molecule has 0 spiro atoms. The van der Waals surface area contributed by atoms with Crippen molar-refractivity contribution in [3.8, 4) is 0 Å². The van der Waals surface area contributed by atoms with E-state index in [0.29, 0.717) is 0 Å². The van der Waals surface area contributed by atoms with Crippen LogP contribution in [-0.4, -0.2) is 14.6 Å². The van der Waals surface area contributed by atoms with Crippen molar-refractivity contribution in [2.75, 3.05) is 0 Å². The molecule has 0 atom stereocenters. The van der Waals surface area contributed by atoms with E-state index < -0.39 is 0 Å². The summed E-state index contributed by atoms with van der Waals surface area (Å²) in [6.07, 6.45) is 5.46. The molecule has 0 unspecified atom stereocenters. The van der Waals surface area contributed by atoms with E-state index >= 15 is 0 Å². The lowest BCUT2D eigenvalue weighted by molar-refractivity contribution is 0.948. The highest BCUT2D eigenvalue weighted by Crippen LogP contribution is 2.15. The summed E-state index contributed by atoms with van der Waals surface area (Å²) >= 11 is 0. The average Bonchev–Trinajstić information content (AvgIpc) is 2.65. The minimum atomic E-state index is 0.915. The van der Waals surface area contributed by atoms with Crippen LogP contribution in [0.25, 0.3) is 16.4 Å². The van der Waals surface area contributed by atoms with Crippen molar-refractivity contribution in [1.29, 1.82) is 0 Å². The van der Waals surface area contributed by atoms with Crippen molar-refractivity contribution in [2.24, 2.45) is 0 Å². The number of aromatic nitrogens is 3. The molecule has 0 aliphatic heterocycles. The third kappa shape index (κ3) is 0.839. The fourth-order valence-corrected chi connectivity index (χ4v) is 1.52. The number of hydrogen-bond donors (Lipinski definition) is 0. The molecule has 0 saturated carbocycles. The number of nitrogens with zero attached hydrogens (tertiary/aromatic N) is 3. The summed E-state index contributed by atoms with van der Waals surface area (Å²) in [5.74, 6) is 0. The lowest BCUT2D eigenvalue weighted by Gasteiger charge is -1.97. The van der Waals surface area contributed by atoms with E-state index in [0.717, 1.165) is 16.4 Å². The van der Waals surface area contributed by atoms with Crippen LogP contribution in [0.4, 0.5) is 0 Å². The van der Waals surface area contributed by atoms with Gasteiger partial charge < -0.3 is 0 Å². The molecule has 0 aliphatic rings. The van der Waals surface area contributed by atoms with Gasteiger partial charge in [-0.2, -0.15) is 5.10 Å². The average molecular weight is 169 g/mol. The van der Waals surface area contributed by atoms with Gasteiger partial charge in [0.05, 0.1) is 6.20 Å². The summed E-state index contributed by atoms with van der Waals surface area (Å²) in [6, 6.07) is 8.11. The van der Waals surface area contributed by atoms with E-state index in [-0.39, 0.29) is 0 Å². The van der Waals surface area contributed by atoms with Gasteiger partial charge in [0.2, 0.25) is 0 Å². The van der Waals surface area contributed by atoms with E-state index in [1.54, 1.807) is 10.7 Å². The first-order valence-corrected chi connectivity index (χ1v) is 4.12. The molecule has 3 rings (SSSR count). The Morgan fingerprint density at radius 2 is 2.08 bits per heavy atom. The summed E-state index contributed by atoms with van der Waals surface area (Å²) < 4.78 is 1.78. The fraction of sp³-hybridized carbons (Fsp3) is 0. The Hall–Kier alpha value is -1.90. The van der Waals surface area contributed by atoms with Crippen LogP contribution in [0.2, 0.25) is 0 Å². The minimum absolute atomic E-state index is 0.915. The molecule has 2 heterocycles. The topological polar surface area (TPSA) is 30.2 Å². The van der Waals surface area contributed by atoms with Gasteiger partial charge >= 0.3 is 0 Å². The SMILES string of the molecule is c1ccc2c(c1)cnn1ccnc21. The molecule has 3 heteroatoms. The predicted molar refractivity (Wildman–Crippen MR) is 50.5 cm³/mol.